The van der Waals surface area contributed by atoms with E-state index in [1.165, 1.54) is 47.7 Å². The molecule has 6 nitrogen and oxygen atoms in total. The van der Waals surface area contributed by atoms with Crippen LogP contribution in [0.1, 0.15) is 10.4 Å². The van der Waals surface area contributed by atoms with Crippen molar-refractivity contribution < 1.29 is 14.1 Å². The number of anilines is 1. The zero-order valence-corrected chi connectivity index (χ0v) is 16.2. The molecule has 0 spiro atoms. The lowest BCUT2D eigenvalue weighted by Gasteiger charge is -2.02. The summed E-state index contributed by atoms with van der Waals surface area (Å²) in [7, 11) is 0. The number of nitro groups is 1. The van der Waals surface area contributed by atoms with Crippen LogP contribution in [-0.2, 0) is 0 Å². The molecule has 0 saturated carbocycles. The molecule has 0 bridgehead atoms. The maximum absolute atomic E-state index is 13.1. The van der Waals surface area contributed by atoms with Gasteiger partial charge < -0.3 is 0 Å². The lowest BCUT2D eigenvalue weighted by Crippen LogP contribution is -2.11. The van der Waals surface area contributed by atoms with Gasteiger partial charge in [0.05, 0.1) is 15.5 Å². The number of rotatable bonds is 5. The monoisotopic (exact) mass is 419 g/mol. The van der Waals surface area contributed by atoms with Gasteiger partial charge in [0.1, 0.15) is 5.82 Å². The Kier molecular flexibility index (Phi) is 5.32. The molecular weight excluding hydrogens is 405 g/mol. The fourth-order valence-corrected chi connectivity index (χ4v) is 3.85. The zero-order chi connectivity index (χ0) is 21.1. The van der Waals surface area contributed by atoms with Crippen molar-refractivity contribution in [3.05, 3.63) is 100 Å². The van der Waals surface area contributed by atoms with E-state index in [-0.39, 0.29) is 5.69 Å². The number of hydrogen-bond acceptors (Lipinski definition) is 5. The number of aromatic nitrogens is 1. The number of carbonyl (C=O) groups is 1. The molecular formula is C22H14FN3O3S. The maximum atomic E-state index is 13.1. The second kappa shape index (κ2) is 8.22. The van der Waals surface area contributed by atoms with Crippen LogP contribution in [0.4, 0.5) is 15.2 Å². The Morgan fingerprint density at radius 2 is 1.60 bits per heavy atom. The minimum Gasteiger partial charge on any atom is -0.298 e. The zero-order valence-electron chi connectivity index (χ0n) is 15.4. The van der Waals surface area contributed by atoms with Gasteiger partial charge in [0, 0.05) is 23.3 Å². The van der Waals surface area contributed by atoms with Gasteiger partial charge in [0.15, 0.2) is 5.13 Å². The Balaban J connectivity index is 1.71. The molecule has 8 heteroatoms. The molecule has 0 radical (unpaired) electrons. The molecule has 1 N–H and O–H groups in total. The quantitative estimate of drug-likeness (QED) is 0.328. The van der Waals surface area contributed by atoms with E-state index in [1.807, 2.05) is 30.3 Å². The summed E-state index contributed by atoms with van der Waals surface area (Å²) < 4.78 is 13.1. The lowest BCUT2D eigenvalue weighted by molar-refractivity contribution is -0.384. The summed E-state index contributed by atoms with van der Waals surface area (Å²) >= 11 is 1.29. The number of halogens is 1. The van der Waals surface area contributed by atoms with E-state index in [1.54, 1.807) is 12.1 Å². The van der Waals surface area contributed by atoms with Gasteiger partial charge >= 0.3 is 0 Å². The van der Waals surface area contributed by atoms with Crippen molar-refractivity contribution in [1.82, 2.24) is 4.98 Å². The number of nitrogens with one attached hydrogen (secondary N) is 1. The normalized spacial score (nSPS) is 10.6. The molecule has 4 rings (SSSR count). The van der Waals surface area contributed by atoms with Crippen LogP contribution >= 0.6 is 11.3 Å². The van der Waals surface area contributed by atoms with Crippen molar-refractivity contribution in [3.63, 3.8) is 0 Å². The van der Waals surface area contributed by atoms with Gasteiger partial charge in [0.2, 0.25) is 0 Å². The van der Waals surface area contributed by atoms with Gasteiger partial charge in [-0.2, -0.15) is 0 Å². The highest BCUT2D eigenvalue weighted by Gasteiger charge is 2.18. The summed E-state index contributed by atoms with van der Waals surface area (Å²) in [5.41, 5.74) is 2.50. The number of nitro benzene ring substituents is 1. The number of amides is 1. The average Bonchev–Trinajstić information content (AvgIpc) is 3.18. The van der Waals surface area contributed by atoms with Crippen molar-refractivity contribution in [2.24, 2.45) is 0 Å². The fraction of sp³-hybridized carbons (Fsp3) is 0. The fourth-order valence-electron chi connectivity index (χ4n) is 2.87. The van der Waals surface area contributed by atoms with Crippen LogP contribution in [0.25, 0.3) is 21.7 Å². The topological polar surface area (TPSA) is 85.1 Å². The first-order valence-electron chi connectivity index (χ1n) is 8.89. The third kappa shape index (κ3) is 4.08. The number of nitrogens with zero attached hydrogens (tertiary/aromatic N) is 2. The molecule has 0 aliphatic rings. The number of hydrogen-bond donors (Lipinski definition) is 1. The first-order chi connectivity index (χ1) is 14.5. The minimum atomic E-state index is -0.461. The molecule has 0 atom stereocenters. The second-order valence-electron chi connectivity index (χ2n) is 6.33. The predicted molar refractivity (Wildman–Crippen MR) is 114 cm³/mol. The molecule has 4 aromatic rings. The van der Waals surface area contributed by atoms with E-state index >= 15 is 0 Å². The van der Waals surface area contributed by atoms with Crippen molar-refractivity contribution in [3.8, 4) is 21.7 Å². The van der Waals surface area contributed by atoms with E-state index < -0.39 is 16.6 Å². The highest BCUT2D eigenvalue weighted by atomic mass is 32.1. The molecule has 1 heterocycles. The number of carbonyl (C=O) groups excluding carboxylic acids is 1. The first kappa shape index (κ1) is 19.4. The molecule has 0 fully saturated rings. The van der Waals surface area contributed by atoms with E-state index in [4.69, 9.17) is 0 Å². The summed E-state index contributed by atoms with van der Waals surface area (Å²) in [6.07, 6.45) is 0. The summed E-state index contributed by atoms with van der Waals surface area (Å²) in [5, 5.41) is 14.1. The largest absolute Gasteiger partial charge is 0.298 e. The van der Waals surface area contributed by atoms with Crippen LogP contribution in [0.2, 0.25) is 0 Å². The van der Waals surface area contributed by atoms with Crippen LogP contribution in [-0.4, -0.2) is 15.8 Å². The third-order valence-electron chi connectivity index (χ3n) is 4.34. The summed E-state index contributed by atoms with van der Waals surface area (Å²) in [6.45, 7) is 0. The molecule has 0 aliphatic carbocycles. The Hall–Kier alpha value is -3.91. The predicted octanol–water partition coefficient (Wildman–Crippen LogP) is 5.78. The standard InChI is InChI=1S/C22H14FN3O3S/c23-17-10-6-16(7-11-17)21(27)25-22-24-19(14-8-12-18(13-9-14)26(28)29)20(30-22)15-4-2-1-3-5-15/h1-13H,(H,24,25,27). The van der Waals surface area contributed by atoms with Crippen LogP contribution in [0.3, 0.4) is 0 Å². The van der Waals surface area contributed by atoms with Crippen molar-refractivity contribution >= 4 is 28.1 Å². The van der Waals surface area contributed by atoms with Crippen LogP contribution < -0.4 is 5.32 Å². The molecule has 0 unspecified atom stereocenters. The Morgan fingerprint density at radius 3 is 2.23 bits per heavy atom. The van der Waals surface area contributed by atoms with E-state index in [0.717, 1.165) is 10.4 Å². The summed E-state index contributed by atoms with van der Waals surface area (Å²) in [5.74, 6) is -0.828. The van der Waals surface area contributed by atoms with Crippen molar-refractivity contribution in [2.45, 2.75) is 0 Å². The van der Waals surface area contributed by atoms with Gasteiger partial charge in [0.25, 0.3) is 11.6 Å². The molecule has 0 aliphatic heterocycles. The SMILES string of the molecule is O=C(Nc1nc(-c2ccc([N+](=O)[O-])cc2)c(-c2ccccc2)s1)c1ccc(F)cc1. The molecule has 3 aromatic carbocycles. The van der Waals surface area contributed by atoms with Crippen LogP contribution in [0.5, 0.6) is 0 Å². The molecule has 1 aromatic heterocycles. The second-order valence-corrected chi connectivity index (χ2v) is 7.33. The minimum absolute atomic E-state index is 0.0138. The van der Waals surface area contributed by atoms with Gasteiger partial charge in [-0.15, -0.1) is 0 Å². The Labute approximate surface area is 174 Å². The number of thiazole rings is 1. The van der Waals surface area contributed by atoms with E-state index in [0.29, 0.717) is 22.0 Å². The van der Waals surface area contributed by atoms with E-state index in [9.17, 15) is 19.3 Å². The van der Waals surface area contributed by atoms with Crippen molar-refractivity contribution in [2.75, 3.05) is 5.32 Å². The average molecular weight is 419 g/mol. The van der Waals surface area contributed by atoms with Crippen LogP contribution in [0, 0.1) is 15.9 Å². The molecule has 30 heavy (non-hydrogen) atoms. The highest BCUT2D eigenvalue weighted by Crippen LogP contribution is 2.39. The van der Waals surface area contributed by atoms with Gasteiger partial charge in [-0.05, 0) is 42.0 Å². The summed E-state index contributed by atoms with van der Waals surface area (Å²) in [6, 6.07) is 20.9. The van der Waals surface area contributed by atoms with Gasteiger partial charge in [-0.3, -0.25) is 20.2 Å². The lowest BCUT2D eigenvalue weighted by atomic mass is 10.1. The van der Waals surface area contributed by atoms with E-state index in [2.05, 4.69) is 10.3 Å². The maximum Gasteiger partial charge on any atom is 0.269 e. The summed E-state index contributed by atoms with van der Waals surface area (Å²) in [4.78, 5) is 28.4. The van der Waals surface area contributed by atoms with Gasteiger partial charge in [-0.25, -0.2) is 9.37 Å². The van der Waals surface area contributed by atoms with Crippen LogP contribution in [0.15, 0.2) is 78.9 Å². The Bertz CT molecular complexity index is 1210. The number of benzene rings is 3. The number of non-ortho nitro benzene ring substituents is 1. The highest BCUT2D eigenvalue weighted by molar-refractivity contribution is 7.19. The third-order valence-corrected chi connectivity index (χ3v) is 5.36. The molecule has 0 saturated heterocycles. The smallest absolute Gasteiger partial charge is 0.269 e. The first-order valence-corrected chi connectivity index (χ1v) is 9.71. The van der Waals surface area contributed by atoms with Gasteiger partial charge in [-0.1, -0.05) is 41.7 Å². The van der Waals surface area contributed by atoms with Crippen molar-refractivity contribution in [1.29, 1.82) is 0 Å². The Morgan fingerprint density at radius 1 is 0.933 bits per heavy atom. The molecule has 148 valence electrons. The molecule has 1 amide bonds.